The molecule has 2 heterocycles. The Hall–Kier alpha value is -2.96. The van der Waals surface area contributed by atoms with E-state index in [0.29, 0.717) is 17.7 Å². The Balaban J connectivity index is 2.28. The number of aromatic nitrogens is 4. The van der Waals surface area contributed by atoms with Gasteiger partial charge < -0.3 is 4.57 Å². The van der Waals surface area contributed by atoms with Crippen LogP contribution in [-0.4, -0.2) is 24.5 Å². The van der Waals surface area contributed by atoms with Crippen molar-refractivity contribution >= 4 is 16.9 Å². The number of ketones is 1. The number of fused-ring (bicyclic) bond motifs is 1. The Bertz CT molecular complexity index is 1090. The molecule has 0 radical (unpaired) electrons. The predicted octanol–water partition coefficient (Wildman–Crippen LogP) is 1.72. The van der Waals surface area contributed by atoms with Gasteiger partial charge in [-0.3, -0.25) is 18.7 Å². The topological polar surface area (TPSA) is 78.9 Å². The first-order valence-corrected chi connectivity index (χ1v) is 8.66. The molecule has 0 spiro atoms. The van der Waals surface area contributed by atoms with Crippen LogP contribution >= 0.6 is 0 Å². The van der Waals surface area contributed by atoms with Crippen LogP contribution < -0.4 is 11.2 Å². The third-order valence-electron chi connectivity index (χ3n) is 4.41. The van der Waals surface area contributed by atoms with Crippen LogP contribution in [0.1, 0.15) is 31.4 Å². The molecule has 0 amide bonds. The second-order valence-corrected chi connectivity index (χ2v) is 6.50. The van der Waals surface area contributed by atoms with Crippen molar-refractivity contribution in [3.05, 3.63) is 62.6 Å². The molecule has 1 aromatic carbocycles. The zero-order valence-electron chi connectivity index (χ0n) is 15.2. The number of aryl methyl sites for hydroxylation is 2. The highest BCUT2D eigenvalue weighted by atomic mass is 16.2. The molecule has 136 valence electrons. The number of nitrogens with zero attached hydrogens (tertiary/aromatic N) is 4. The fourth-order valence-corrected chi connectivity index (χ4v) is 3.12. The summed E-state index contributed by atoms with van der Waals surface area (Å²) in [4.78, 5) is 41.8. The van der Waals surface area contributed by atoms with Crippen molar-refractivity contribution in [1.29, 1.82) is 0 Å². The van der Waals surface area contributed by atoms with Crippen molar-refractivity contribution in [2.24, 2.45) is 0 Å². The number of rotatable bonds is 6. The first-order chi connectivity index (χ1) is 12.4. The van der Waals surface area contributed by atoms with Crippen molar-refractivity contribution < 1.29 is 4.79 Å². The van der Waals surface area contributed by atoms with E-state index in [-0.39, 0.29) is 24.6 Å². The molecule has 0 aliphatic rings. The molecule has 0 fully saturated rings. The first kappa shape index (κ1) is 17.8. The molecule has 3 aromatic rings. The second kappa shape index (κ2) is 7.11. The Kier molecular flexibility index (Phi) is 4.88. The van der Waals surface area contributed by atoms with E-state index in [2.05, 4.69) is 4.98 Å². The second-order valence-electron chi connectivity index (χ2n) is 6.50. The van der Waals surface area contributed by atoms with Gasteiger partial charge in [0.2, 0.25) is 0 Å². The summed E-state index contributed by atoms with van der Waals surface area (Å²) < 4.78 is 4.28. The number of carbonyl (C=O) groups is 1. The highest BCUT2D eigenvalue weighted by Crippen LogP contribution is 2.10. The van der Waals surface area contributed by atoms with Crippen LogP contribution in [0.2, 0.25) is 0 Å². The Labute approximate surface area is 150 Å². The van der Waals surface area contributed by atoms with Crippen LogP contribution in [0.4, 0.5) is 0 Å². The average molecular weight is 354 g/mol. The number of benzene rings is 1. The third-order valence-corrected chi connectivity index (χ3v) is 4.41. The molecule has 3 rings (SSSR count). The summed E-state index contributed by atoms with van der Waals surface area (Å²) >= 11 is 0. The summed E-state index contributed by atoms with van der Waals surface area (Å²) in [6.07, 6.45) is 2.19. The average Bonchev–Trinajstić information content (AvgIpc) is 3.00. The highest BCUT2D eigenvalue weighted by molar-refractivity contribution is 5.78. The fraction of sp³-hybridized carbons (Fsp3) is 0.368. The maximum Gasteiger partial charge on any atom is 0.333 e. The van der Waals surface area contributed by atoms with Crippen LogP contribution in [0.15, 0.2) is 40.2 Å². The molecule has 0 N–H and O–H groups in total. The number of hydrogen-bond donors (Lipinski definition) is 0. The first-order valence-electron chi connectivity index (χ1n) is 8.66. The minimum absolute atomic E-state index is 0.0560. The molecule has 0 bridgehead atoms. The van der Waals surface area contributed by atoms with E-state index in [1.54, 1.807) is 0 Å². The standard InChI is InChI=1S/C19H22N4O3/c1-4-9-22-17-16(21(12-20-17)10-14(3)24)18(25)23(19(22)26)11-15-8-6-5-7-13(15)2/h5-8,12H,4,9-11H2,1-3H3. The molecule has 7 nitrogen and oxygen atoms in total. The third kappa shape index (κ3) is 3.12. The smallest absolute Gasteiger partial charge is 0.317 e. The fourth-order valence-electron chi connectivity index (χ4n) is 3.12. The van der Waals surface area contributed by atoms with Crippen LogP contribution in [0.3, 0.4) is 0 Å². The molecule has 0 aliphatic carbocycles. The summed E-state index contributed by atoms with van der Waals surface area (Å²) in [5.74, 6) is -0.0811. The van der Waals surface area contributed by atoms with Crippen molar-refractivity contribution in [3.8, 4) is 0 Å². The SMILES string of the molecule is CCCn1c(=O)n(Cc2ccccc2C)c(=O)c2c1ncn2CC(C)=O. The van der Waals surface area contributed by atoms with Gasteiger partial charge in [-0.15, -0.1) is 0 Å². The van der Waals surface area contributed by atoms with Crippen molar-refractivity contribution in [2.75, 3.05) is 0 Å². The van der Waals surface area contributed by atoms with Crippen LogP contribution in [0, 0.1) is 6.92 Å². The van der Waals surface area contributed by atoms with Crippen LogP contribution in [0.25, 0.3) is 11.2 Å². The largest absolute Gasteiger partial charge is 0.333 e. The lowest BCUT2D eigenvalue weighted by Gasteiger charge is -2.13. The summed E-state index contributed by atoms with van der Waals surface area (Å²) in [6.45, 7) is 6.07. The highest BCUT2D eigenvalue weighted by Gasteiger charge is 2.18. The summed E-state index contributed by atoms with van der Waals surface area (Å²) in [6, 6.07) is 7.66. The van der Waals surface area contributed by atoms with Gasteiger partial charge in [-0.1, -0.05) is 31.2 Å². The van der Waals surface area contributed by atoms with Gasteiger partial charge >= 0.3 is 5.69 Å². The maximum absolute atomic E-state index is 13.1. The van der Waals surface area contributed by atoms with Crippen molar-refractivity contribution in [1.82, 2.24) is 18.7 Å². The van der Waals surface area contributed by atoms with Gasteiger partial charge in [0.25, 0.3) is 5.56 Å². The monoisotopic (exact) mass is 354 g/mol. The van der Waals surface area contributed by atoms with Gasteiger partial charge in [-0.05, 0) is 31.4 Å². The van der Waals surface area contributed by atoms with Crippen molar-refractivity contribution in [2.45, 2.75) is 46.8 Å². The molecule has 26 heavy (non-hydrogen) atoms. The molecule has 0 saturated heterocycles. The van der Waals surface area contributed by atoms with E-state index >= 15 is 0 Å². The maximum atomic E-state index is 13.1. The van der Waals surface area contributed by atoms with Crippen LogP contribution in [-0.2, 0) is 24.4 Å². The minimum Gasteiger partial charge on any atom is -0.317 e. The lowest BCUT2D eigenvalue weighted by Crippen LogP contribution is -2.41. The number of Topliss-reactive ketones (excluding diaryl/α,β-unsaturated/α-hetero) is 1. The summed E-state index contributed by atoms with van der Waals surface area (Å²) in [7, 11) is 0. The van der Waals surface area contributed by atoms with E-state index < -0.39 is 5.56 Å². The molecular formula is C19H22N4O3. The normalized spacial score (nSPS) is 11.2. The van der Waals surface area contributed by atoms with Gasteiger partial charge in [0.1, 0.15) is 5.78 Å². The van der Waals surface area contributed by atoms with Crippen molar-refractivity contribution in [3.63, 3.8) is 0 Å². The predicted molar refractivity (Wildman–Crippen MR) is 99.5 cm³/mol. The van der Waals surface area contributed by atoms with Gasteiger partial charge in [-0.2, -0.15) is 0 Å². The lowest BCUT2D eigenvalue weighted by molar-refractivity contribution is -0.117. The number of hydrogen-bond acceptors (Lipinski definition) is 4. The number of imidazole rings is 1. The summed E-state index contributed by atoms with van der Waals surface area (Å²) in [5.41, 5.74) is 1.76. The zero-order valence-corrected chi connectivity index (χ0v) is 15.2. The Morgan fingerprint density at radius 1 is 1.15 bits per heavy atom. The lowest BCUT2D eigenvalue weighted by atomic mass is 10.1. The van der Waals surface area contributed by atoms with E-state index in [9.17, 15) is 14.4 Å². The van der Waals surface area contributed by atoms with E-state index in [0.717, 1.165) is 17.5 Å². The van der Waals surface area contributed by atoms with E-state index in [1.165, 1.54) is 27.0 Å². The van der Waals surface area contributed by atoms with E-state index in [4.69, 9.17) is 0 Å². The van der Waals surface area contributed by atoms with Gasteiger partial charge in [0.05, 0.1) is 19.4 Å². The zero-order chi connectivity index (χ0) is 18.8. The molecule has 2 aromatic heterocycles. The molecule has 7 heteroatoms. The summed E-state index contributed by atoms with van der Waals surface area (Å²) in [5, 5.41) is 0. The Morgan fingerprint density at radius 2 is 1.88 bits per heavy atom. The molecule has 0 saturated carbocycles. The molecule has 0 unspecified atom stereocenters. The van der Waals surface area contributed by atoms with E-state index in [1.807, 2.05) is 38.1 Å². The number of carbonyl (C=O) groups excluding carboxylic acids is 1. The van der Waals surface area contributed by atoms with Gasteiger partial charge in [0, 0.05) is 6.54 Å². The van der Waals surface area contributed by atoms with Gasteiger partial charge in [0.15, 0.2) is 11.2 Å². The molecule has 0 atom stereocenters. The quantitative estimate of drug-likeness (QED) is 0.675. The minimum atomic E-state index is -0.417. The molecular weight excluding hydrogens is 332 g/mol. The Morgan fingerprint density at radius 3 is 2.54 bits per heavy atom. The van der Waals surface area contributed by atoms with Crippen LogP contribution in [0.5, 0.6) is 0 Å². The molecule has 0 aliphatic heterocycles. The van der Waals surface area contributed by atoms with Gasteiger partial charge in [-0.25, -0.2) is 9.78 Å².